The van der Waals surface area contributed by atoms with Crippen molar-refractivity contribution >= 4 is 11.8 Å². The molecule has 0 saturated carbocycles. The molecule has 0 spiro atoms. The van der Waals surface area contributed by atoms with Gasteiger partial charge in [0.2, 0.25) is 11.8 Å². The van der Waals surface area contributed by atoms with E-state index in [1.54, 1.807) is 7.05 Å². The van der Waals surface area contributed by atoms with Crippen molar-refractivity contribution in [3.63, 3.8) is 0 Å². The van der Waals surface area contributed by atoms with Gasteiger partial charge in [-0.3, -0.25) is 14.5 Å². The second-order valence-corrected chi connectivity index (χ2v) is 6.12. The molecule has 0 radical (unpaired) electrons. The molecule has 0 aromatic heterocycles. The molecule has 23 heavy (non-hydrogen) atoms. The van der Waals surface area contributed by atoms with E-state index in [9.17, 15) is 9.59 Å². The number of aryl methyl sites for hydroxylation is 1. The fourth-order valence-electron chi connectivity index (χ4n) is 2.49. The average Bonchev–Trinajstić information content (AvgIpc) is 2.49. The van der Waals surface area contributed by atoms with E-state index in [0.717, 1.165) is 24.0 Å². The molecule has 128 valence electrons. The van der Waals surface area contributed by atoms with Crippen LogP contribution in [0.25, 0.3) is 0 Å². The summed E-state index contributed by atoms with van der Waals surface area (Å²) < 4.78 is 0. The summed E-state index contributed by atoms with van der Waals surface area (Å²) in [5.74, 6) is -0.188. The van der Waals surface area contributed by atoms with Crippen LogP contribution in [0.15, 0.2) is 24.3 Å². The standard InChI is InChI=1S/C18H29N3O2/c1-6-7-12-19-16(22)13-21(5)18(23)17(20(3)4)15-11-9-8-10-14(15)2/h8-11,17H,6-7,12-13H2,1-5H3,(H,19,22). The van der Waals surface area contributed by atoms with Gasteiger partial charge >= 0.3 is 0 Å². The number of likely N-dealkylation sites (N-methyl/N-ethyl adjacent to an activating group) is 2. The molecule has 1 N–H and O–H groups in total. The Morgan fingerprint density at radius 3 is 2.39 bits per heavy atom. The van der Waals surface area contributed by atoms with Gasteiger partial charge in [0.15, 0.2) is 0 Å². The largest absolute Gasteiger partial charge is 0.355 e. The minimum atomic E-state index is -0.385. The lowest BCUT2D eigenvalue weighted by Gasteiger charge is -2.29. The lowest BCUT2D eigenvalue weighted by molar-refractivity contribution is -0.138. The van der Waals surface area contributed by atoms with Gasteiger partial charge in [-0.25, -0.2) is 0 Å². The quantitative estimate of drug-likeness (QED) is 0.745. The SMILES string of the molecule is CCCCNC(=O)CN(C)C(=O)C(c1ccccc1C)N(C)C. The fraction of sp³-hybridized carbons (Fsp3) is 0.556. The highest BCUT2D eigenvalue weighted by molar-refractivity contribution is 5.88. The first-order valence-electron chi connectivity index (χ1n) is 8.12. The minimum absolute atomic E-state index is 0.0741. The van der Waals surface area contributed by atoms with Crippen LogP contribution < -0.4 is 5.32 Å². The Hall–Kier alpha value is -1.88. The van der Waals surface area contributed by atoms with E-state index in [2.05, 4.69) is 12.2 Å². The van der Waals surface area contributed by atoms with Crippen LogP contribution in [-0.4, -0.2) is 55.8 Å². The smallest absolute Gasteiger partial charge is 0.244 e. The van der Waals surface area contributed by atoms with E-state index in [0.29, 0.717) is 6.54 Å². The first-order chi connectivity index (χ1) is 10.9. The Kier molecular flexibility index (Phi) is 7.75. The second-order valence-electron chi connectivity index (χ2n) is 6.12. The maximum atomic E-state index is 12.8. The fourth-order valence-corrected chi connectivity index (χ4v) is 2.49. The third-order valence-corrected chi connectivity index (χ3v) is 3.84. The van der Waals surface area contributed by atoms with Gasteiger partial charge in [-0.2, -0.15) is 0 Å². The summed E-state index contributed by atoms with van der Waals surface area (Å²) in [7, 11) is 5.44. The number of hydrogen-bond acceptors (Lipinski definition) is 3. The normalized spacial score (nSPS) is 12.1. The van der Waals surface area contributed by atoms with Gasteiger partial charge in [0.1, 0.15) is 6.04 Å². The molecule has 1 unspecified atom stereocenters. The van der Waals surface area contributed by atoms with Crippen LogP contribution >= 0.6 is 0 Å². The first-order valence-corrected chi connectivity index (χ1v) is 8.12. The zero-order chi connectivity index (χ0) is 17.4. The van der Waals surface area contributed by atoms with Gasteiger partial charge in [0.05, 0.1) is 6.54 Å². The van der Waals surface area contributed by atoms with Crippen LogP contribution in [0.4, 0.5) is 0 Å². The summed E-state index contributed by atoms with van der Waals surface area (Å²) in [5, 5.41) is 2.84. The summed E-state index contributed by atoms with van der Waals surface area (Å²) in [6.45, 7) is 4.81. The average molecular weight is 319 g/mol. The molecule has 0 aliphatic rings. The number of nitrogens with zero attached hydrogens (tertiary/aromatic N) is 2. The summed E-state index contributed by atoms with van der Waals surface area (Å²) in [4.78, 5) is 28.1. The Bertz CT molecular complexity index is 529. The molecule has 0 aliphatic heterocycles. The molecule has 5 nitrogen and oxygen atoms in total. The third kappa shape index (κ3) is 5.67. The van der Waals surface area contributed by atoms with Crippen molar-refractivity contribution < 1.29 is 9.59 Å². The number of benzene rings is 1. The summed E-state index contributed by atoms with van der Waals surface area (Å²) in [6, 6.07) is 7.47. The highest BCUT2D eigenvalue weighted by Crippen LogP contribution is 2.23. The number of unbranched alkanes of at least 4 members (excludes halogenated alkanes) is 1. The van der Waals surface area contributed by atoms with Crippen molar-refractivity contribution in [1.82, 2.24) is 15.1 Å². The van der Waals surface area contributed by atoms with E-state index in [-0.39, 0.29) is 24.4 Å². The molecule has 1 atom stereocenters. The van der Waals surface area contributed by atoms with E-state index in [1.807, 2.05) is 50.2 Å². The van der Waals surface area contributed by atoms with E-state index in [1.165, 1.54) is 4.90 Å². The molecule has 1 rings (SSSR count). The highest BCUT2D eigenvalue weighted by Gasteiger charge is 2.27. The lowest BCUT2D eigenvalue weighted by atomic mass is 9.99. The summed E-state index contributed by atoms with van der Waals surface area (Å²) in [5.41, 5.74) is 2.04. The molecule has 5 heteroatoms. The predicted molar refractivity (Wildman–Crippen MR) is 93.2 cm³/mol. The van der Waals surface area contributed by atoms with Gasteiger partial charge in [-0.15, -0.1) is 0 Å². The molecule has 0 fully saturated rings. The van der Waals surface area contributed by atoms with Crippen molar-refractivity contribution in [2.24, 2.45) is 0 Å². The molecule has 0 aliphatic carbocycles. The molecule has 2 amide bonds. The number of nitrogens with one attached hydrogen (secondary N) is 1. The lowest BCUT2D eigenvalue weighted by Crippen LogP contribution is -2.43. The topological polar surface area (TPSA) is 52.7 Å². The van der Waals surface area contributed by atoms with Crippen LogP contribution in [0.2, 0.25) is 0 Å². The molecular formula is C18H29N3O2. The molecule has 1 aromatic carbocycles. The zero-order valence-corrected chi connectivity index (χ0v) is 14.9. The van der Waals surface area contributed by atoms with Crippen LogP contribution in [0.5, 0.6) is 0 Å². The number of hydrogen-bond donors (Lipinski definition) is 1. The van der Waals surface area contributed by atoms with E-state index >= 15 is 0 Å². The number of carbonyl (C=O) groups is 2. The van der Waals surface area contributed by atoms with Gasteiger partial charge in [-0.1, -0.05) is 37.6 Å². The third-order valence-electron chi connectivity index (χ3n) is 3.84. The number of carbonyl (C=O) groups excluding carboxylic acids is 2. The second kappa shape index (κ2) is 9.30. The van der Waals surface area contributed by atoms with E-state index in [4.69, 9.17) is 0 Å². The summed E-state index contributed by atoms with van der Waals surface area (Å²) >= 11 is 0. The summed E-state index contributed by atoms with van der Waals surface area (Å²) in [6.07, 6.45) is 1.98. The predicted octanol–water partition coefficient (Wildman–Crippen LogP) is 1.97. The Morgan fingerprint density at radius 2 is 1.83 bits per heavy atom. The monoisotopic (exact) mass is 319 g/mol. The Balaban J connectivity index is 2.78. The molecule has 0 heterocycles. The molecule has 0 saturated heterocycles. The minimum Gasteiger partial charge on any atom is -0.355 e. The van der Waals surface area contributed by atoms with Crippen molar-refractivity contribution in [3.05, 3.63) is 35.4 Å². The van der Waals surface area contributed by atoms with E-state index < -0.39 is 0 Å². The zero-order valence-electron chi connectivity index (χ0n) is 14.9. The van der Waals surface area contributed by atoms with Gasteiger partial charge in [-0.05, 0) is 38.6 Å². The van der Waals surface area contributed by atoms with Crippen LogP contribution in [0.3, 0.4) is 0 Å². The van der Waals surface area contributed by atoms with Gasteiger partial charge in [0, 0.05) is 13.6 Å². The van der Waals surface area contributed by atoms with Crippen LogP contribution in [-0.2, 0) is 9.59 Å². The van der Waals surface area contributed by atoms with Gasteiger partial charge in [0.25, 0.3) is 0 Å². The highest BCUT2D eigenvalue weighted by atomic mass is 16.2. The van der Waals surface area contributed by atoms with Crippen molar-refractivity contribution in [1.29, 1.82) is 0 Å². The maximum absolute atomic E-state index is 12.8. The van der Waals surface area contributed by atoms with Gasteiger partial charge < -0.3 is 10.2 Å². The van der Waals surface area contributed by atoms with Crippen molar-refractivity contribution in [2.75, 3.05) is 34.2 Å². The first kappa shape index (κ1) is 19.2. The Morgan fingerprint density at radius 1 is 1.17 bits per heavy atom. The molecular weight excluding hydrogens is 290 g/mol. The number of rotatable bonds is 8. The molecule has 0 bridgehead atoms. The van der Waals surface area contributed by atoms with Crippen LogP contribution in [0.1, 0.15) is 36.9 Å². The molecule has 1 aromatic rings. The van der Waals surface area contributed by atoms with Crippen LogP contribution in [0, 0.1) is 6.92 Å². The Labute approximate surface area is 139 Å². The van der Waals surface area contributed by atoms with Crippen molar-refractivity contribution in [2.45, 2.75) is 32.7 Å². The van der Waals surface area contributed by atoms with Crippen molar-refractivity contribution in [3.8, 4) is 0 Å². The number of amides is 2. The maximum Gasteiger partial charge on any atom is 0.244 e.